The van der Waals surface area contributed by atoms with E-state index >= 15 is 0 Å². The molecule has 0 aliphatic carbocycles. The standard InChI is InChI=1S/C17H22N2O2S/c1-13-6-3-8-16(14(13)2)19-17(20)18-9-5-11-22-12-15-7-4-10-21-15/h3-4,6-8,10H,5,9,11-12H2,1-2H3,(H2,18,19,20). The van der Waals surface area contributed by atoms with Crippen molar-refractivity contribution in [2.75, 3.05) is 17.6 Å². The number of urea groups is 1. The van der Waals surface area contributed by atoms with E-state index < -0.39 is 0 Å². The quantitative estimate of drug-likeness (QED) is 0.747. The molecule has 2 amide bonds. The number of anilines is 1. The van der Waals surface area contributed by atoms with Crippen LogP contribution < -0.4 is 10.6 Å². The van der Waals surface area contributed by atoms with Gasteiger partial charge in [-0.1, -0.05) is 12.1 Å². The van der Waals surface area contributed by atoms with Crippen LogP contribution in [0.4, 0.5) is 10.5 Å². The average molecular weight is 318 g/mol. The van der Waals surface area contributed by atoms with Gasteiger partial charge < -0.3 is 15.1 Å². The fourth-order valence-corrected chi connectivity index (χ4v) is 2.85. The van der Waals surface area contributed by atoms with Gasteiger partial charge in [-0.25, -0.2) is 4.79 Å². The smallest absolute Gasteiger partial charge is 0.319 e. The van der Waals surface area contributed by atoms with E-state index in [1.165, 1.54) is 5.56 Å². The van der Waals surface area contributed by atoms with Gasteiger partial charge in [0.1, 0.15) is 5.76 Å². The largest absolute Gasteiger partial charge is 0.468 e. The average Bonchev–Trinajstić information content (AvgIpc) is 3.01. The molecule has 118 valence electrons. The summed E-state index contributed by atoms with van der Waals surface area (Å²) in [6.07, 6.45) is 2.63. The molecule has 2 aromatic rings. The molecule has 4 nitrogen and oxygen atoms in total. The fraction of sp³-hybridized carbons (Fsp3) is 0.353. The molecule has 0 radical (unpaired) electrons. The van der Waals surface area contributed by atoms with E-state index in [0.717, 1.165) is 34.9 Å². The van der Waals surface area contributed by atoms with Gasteiger partial charge in [0.15, 0.2) is 0 Å². The third kappa shape index (κ3) is 5.15. The van der Waals surface area contributed by atoms with Crippen LogP contribution in [0.15, 0.2) is 41.0 Å². The van der Waals surface area contributed by atoms with E-state index in [9.17, 15) is 4.79 Å². The van der Waals surface area contributed by atoms with Gasteiger partial charge in [-0.2, -0.15) is 11.8 Å². The van der Waals surface area contributed by atoms with Crippen LogP contribution in [0.25, 0.3) is 0 Å². The molecule has 0 saturated carbocycles. The zero-order valence-corrected chi connectivity index (χ0v) is 13.8. The molecular formula is C17H22N2O2S. The molecule has 0 aliphatic rings. The molecule has 1 heterocycles. The molecule has 0 atom stereocenters. The summed E-state index contributed by atoms with van der Waals surface area (Å²) in [6.45, 7) is 4.72. The molecule has 1 aromatic carbocycles. The van der Waals surface area contributed by atoms with Gasteiger partial charge in [0, 0.05) is 12.2 Å². The Bertz CT molecular complexity index is 597. The van der Waals surface area contributed by atoms with Crippen LogP contribution in [-0.4, -0.2) is 18.3 Å². The molecule has 0 saturated heterocycles. The zero-order chi connectivity index (χ0) is 15.8. The van der Waals surface area contributed by atoms with Crippen molar-refractivity contribution in [3.63, 3.8) is 0 Å². The third-order valence-electron chi connectivity index (χ3n) is 3.43. The second kappa shape index (κ2) is 8.54. The second-order valence-corrected chi connectivity index (χ2v) is 6.22. The van der Waals surface area contributed by atoms with Crippen molar-refractivity contribution in [2.24, 2.45) is 0 Å². The summed E-state index contributed by atoms with van der Waals surface area (Å²) in [5, 5.41) is 5.78. The number of aryl methyl sites for hydroxylation is 1. The number of rotatable bonds is 7. The normalized spacial score (nSPS) is 10.5. The molecule has 5 heteroatoms. The molecule has 0 fully saturated rings. The molecule has 2 N–H and O–H groups in total. The van der Waals surface area contributed by atoms with E-state index in [-0.39, 0.29) is 6.03 Å². The lowest BCUT2D eigenvalue weighted by Crippen LogP contribution is -2.30. The van der Waals surface area contributed by atoms with Gasteiger partial charge >= 0.3 is 6.03 Å². The number of benzene rings is 1. The number of carbonyl (C=O) groups is 1. The highest BCUT2D eigenvalue weighted by atomic mass is 32.2. The summed E-state index contributed by atoms with van der Waals surface area (Å²) in [5.41, 5.74) is 3.14. The summed E-state index contributed by atoms with van der Waals surface area (Å²) >= 11 is 1.81. The maximum absolute atomic E-state index is 11.9. The number of furan rings is 1. The molecule has 0 bridgehead atoms. The van der Waals surface area contributed by atoms with Gasteiger partial charge in [0.25, 0.3) is 0 Å². The third-order valence-corrected chi connectivity index (χ3v) is 4.49. The van der Waals surface area contributed by atoms with Crippen molar-refractivity contribution in [2.45, 2.75) is 26.0 Å². The van der Waals surface area contributed by atoms with E-state index in [1.54, 1.807) is 18.0 Å². The number of hydrogen-bond acceptors (Lipinski definition) is 3. The summed E-state index contributed by atoms with van der Waals surface area (Å²) in [7, 11) is 0. The lowest BCUT2D eigenvalue weighted by molar-refractivity contribution is 0.252. The van der Waals surface area contributed by atoms with Crippen LogP contribution in [0.1, 0.15) is 23.3 Å². The maximum atomic E-state index is 11.9. The number of thioether (sulfide) groups is 1. The van der Waals surface area contributed by atoms with Gasteiger partial charge in [-0.15, -0.1) is 0 Å². The van der Waals surface area contributed by atoms with Crippen LogP contribution in [-0.2, 0) is 5.75 Å². The Hall–Kier alpha value is -1.88. The SMILES string of the molecule is Cc1cccc(NC(=O)NCCCSCc2ccco2)c1C. The Morgan fingerprint density at radius 3 is 2.86 bits per heavy atom. The van der Waals surface area contributed by atoms with Gasteiger partial charge in [-0.3, -0.25) is 0 Å². The monoisotopic (exact) mass is 318 g/mol. The van der Waals surface area contributed by atoms with Crippen molar-refractivity contribution in [1.82, 2.24) is 5.32 Å². The van der Waals surface area contributed by atoms with Crippen LogP contribution in [0, 0.1) is 13.8 Å². The predicted octanol–water partition coefficient (Wildman–Crippen LogP) is 4.34. The summed E-state index contributed by atoms with van der Waals surface area (Å²) < 4.78 is 5.26. The minimum atomic E-state index is -0.148. The molecule has 0 aliphatic heterocycles. The highest BCUT2D eigenvalue weighted by Crippen LogP contribution is 2.17. The minimum absolute atomic E-state index is 0.148. The summed E-state index contributed by atoms with van der Waals surface area (Å²) in [4.78, 5) is 11.9. The first-order valence-electron chi connectivity index (χ1n) is 7.38. The number of amides is 2. The lowest BCUT2D eigenvalue weighted by Gasteiger charge is -2.11. The minimum Gasteiger partial charge on any atom is -0.468 e. The highest BCUT2D eigenvalue weighted by molar-refractivity contribution is 7.98. The number of hydrogen-bond donors (Lipinski definition) is 2. The first-order chi connectivity index (χ1) is 10.7. The highest BCUT2D eigenvalue weighted by Gasteiger charge is 2.05. The zero-order valence-electron chi connectivity index (χ0n) is 13.0. The van der Waals surface area contributed by atoms with Crippen LogP contribution in [0.5, 0.6) is 0 Å². The first-order valence-corrected chi connectivity index (χ1v) is 8.53. The Balaban J connectivity index is 1.60. The predicted molar refractivity (Wildman–Crippen MR) is 92.4 cm³/mol. The van der Waals surface area contributed by atoms with Crippen molar-refractivity contribution < 1.29 is 9.21 Å². The van der Waals surface area contributed by atoms with Gasteiger partial charge in [0.05, 0.1) is 12.0 Å². The molecule has 0 unspecified atom stereocenters. The van der Waals surface area contributed by atoms with Crippen molar-refractivity contribution in [3.8, 4) is 0 Å². The molecule has 1 aromatic heterocycles. The Morgan fingerprint density at radius 2 is 2.09 bits per heavy atom. The summed E-state index contributed by atoms with van der Waals surface area (Å²) in [5.74, 6) is 2.86. The molecular weight excluding hydrogens is 296 g/mol. The van der Waals surface area contributed by atoms with Gasteiger partial charge in [0.2, 0.25) is 0 Å². The van der Waals surface area contributed by atoms with E-state index in [2.05, 4.69) is 10.6 Å². The Labute approximate surface area is 135 Å². The lowest BCUT2D eigenvalue weighted by atomic mass is 10.1. The van der Waals surface area contributed by atoms with E-state index in [1.807, 2.05) is 44.2 Å². The molecule has 0 spiro atoms. The first kappa shape index (κ1) is 16.5. The molecule has 2 rings (SSSR count). The van der Waals surface area contributed by atoms with Crippen LogP contribution >= 0.6 is 11.8 Å². The summed E-state index contributed by atoms with van der Waals surface area (Å²) in [6, 6.07) is 9.63. The Morgan fingerprint density at radius 1 is 1.23 bits per heavy atom. The van der Waals surface area contributed by atoms with Crippen molar-refractivity contribution in [1.29, 1.82) is 0 Å². The van der Waals surface area contributed by atoms with Crippen molar-refractivity contribution >= 4 is 23.5 Å². The van der Waals surface area contributed by atoms with Crippen LogP contribution in [0.3, 0.4) is 0 Å². The second-order valence-electron chi connectivity index (χ2n) is 5.11. The molecule has 22 heavy (non-hydrogen) atoms. The van der Waals surface area contributed by atoms with Crippen molar-refractivity contribution in [3.05, 3.63) is 53.5 Å². The topological polar surface area (TPSA) is 54.3 Å². The van der Waals surface area contributed by atoms with Crippen LogP contribution in [0.2, 0.25) is 0 Å². The Kier molecular flexibility index (Phi) is 6.40. The maximum Gasteiger partial charge on any atom is 0.319 e. The number of nitrogens with one attached hydrogen (secondary N) is 2. The van der Waals surface area contributed by atoms with E-state index in [4.69, 9.17) is 4.42 Å². The number of carbonyl (C=O) groups excluding carboxylic acids is 1. The van der Waals surface area contributed by atoms with Gasteiger partial charge in [-0.05, 0) is 55.3 Å². The fourth-order valence-electron chi connectivity index (χ4n) is 2.00. The van der Waals surface area contributed by atoms with E-state index in [0.29, 0.717) is 6.54 Å².